The van der Waals surface area contributed by atoms with Crippen molar-refractivity contribution < 1.29 is 4.98 Å². The molecule has 1 atom stereocenters. The van der Waals surface area contributed by atoms with Crippen molar-refractivity contribution in [2.45, 2.75) is 12.8 Å². The molecule has 2 heterocycles. The molecule has 0 amide bonds. The van der Waals surface area contributed by atoms with Crippen LogP contribution < -0.4 is 10.7 Å². The number of nitrogens with one attached hydrogen (secondary N) is 1. The van der Waals surface area contributed by atoms with Gasteiger partial charge in [-0.3, -0.25) is 5.73 Å². The fourth-order valence-electron chi connectivity index (χ4n) is 3.49. The second-order valence-corrected chi connectivity index (χ2v) is 7.76. The molecule has 0 spiro atoms. The summed E-state index contributed by atoms with van der Waals surface area (Å²) in [6.45, 7) is 1.90. The third-order valence-corrected chi connectivity index (χ3v) is 6.02. The first kappa shape index (κ1) is 19.1. The minimum Gasteiger partial charge on any atom is -0.286 e. The Morgan fingerprint density at radius 1 is 1.00 bits per heavy atom. The number of anilines is 1. The SMILES string of the molecule is Cc1ccccc1-c1c(C#N)c(N)[nH+]c([C@H](C#N)c2nc3ccccc3s2)c1C#N. The van der Waals surface area contributed by atoms with E-state index in [0.29, 0.717) is 16.3 Å². The molecule has 3 N–H and O–H groups in total. The Labute approximate surface area is 177 Å². The Hall–Kier alpha value is -4.25. The van der Waals surface area contributed by atoms with Gasteiger partial charge in [-0.05, 0) is 30.2 Å². The van der Waals surface area contributed by atoms with Crippen LogP contribution in [0.15, 0.2) is 48.5 Å². The van der Waals surface area contributed by atoms with Crippen LogP contribution >= 0.6 is 11.3 Å². The Morgan fingerprint density at radius 2 is 1.70 bits per heavy atom. The second kappa shape index (κ2) is 7.64. The van der Waals surface area contributed by atoms with Crippen LogP contribution in [-0.4, -0.2) is 4.98 Å². The highest BCUT2D eigenvalue weighted by molar-refractivity contribution is 7.18. The molecule has 0 aliphatic rings. The van der Waals surface area contributed by atoms with E-state index in [9.17, 15) is 15.8 Å². The zero-order chi connectivity index (χ0) is 21.3. The van der Waals surface area contributed by atoms with Crippen molar-refractivity contribution >= 4 is 27.4 Å². The van der Waals surface area contributed by atoms with Crippen LogP contribution in [-0.2, 0) is 0 Å². The van der Waals surface area contributed by atoms with Crippen LogP contribution in [0, 0.1) is 40.9 Å². The molecule has 0 saturated carbocycles. The largest absolute Gasteiger partial charge is 0.289 e. The van der Waals surface area contributed by atoms with E-state index < -0.39 is 5.92 Å². The summed E-state index contributed by atoms with van der Waals surface area (Å²) in [5, 5.41) is 30.3. The molecule has 142 valence electrons. The average Bonchev–Trinajstić information content (AvgIpc) is 3.18. The summed E-state index contributed by atoms with van der Waals surface area (Å²) in [5.74, 6) is -0.707. The Balaban J connectivity index is 2.03. The number of rotatable bonds is 3. The highest BCUT2D eigenvalue weighted by Gasteiger charge is 2.31. The maximum Gasteiger partial charge on any atom is 0.289 e. The van der Waals surface area contributed by atoms with Gasteiger partial charge in [0.1, 0.15) is 34.0 Å². The van der Waals surface area contributed by atoms with Gasteiger partial charge >= 0.3 is 0 Å². The van der Waals surface area contributed by atoms with Crippen molar-refractivity contribution in [3.63, 3.8) is 0 Å². The molecule has 0 bridgehead atoms. The Kier molecular flexibility index (Phi) is 4.86. The van der Waals surface area contributed by atoms with Crippen molar-refractivity contribution in [3.05, 3.63) is 75.9 Å². The maximum atomic E-state index is 10.0. The first-order chi connectivity index (χ1) is 14.6. The Bertz CT molecular complexity index is 1380. The van der Waals surface area contributed by atoms with Crippen molar-refractivity contribution in [3.8, 4) is 29.3 Å². The second-order valence-electron chi connectivity index (χ2n) is 6.70. The monoisotopic (exact) mass is 407 g/mol. The number of nitriles is 3. The summed E-state index contributed by atoms with van der Waals surface area (Å²) in [6.07, 6.45) is 0. The van der Waals surface area contributed by atoms with Gasteiger partial charge in [0, 0.05) is 5.56 Å². The predicted molar refractivity (Wildman–Crippen MR) is 114 cm³/mol. The molecule has 0 aliphatic carbocycles. The van der Waals surface area contributed by atoms with Gasteiger partial charge < -0.3 is 0 Å². The van der Waals surface area contributed by atoms with Crippen LogP contribution in [0.5, 0.6) is 0 Å². The lowest BCUT2D eigenvalue weighted by atomic mass is 9.89. The third-order valence-electron chi connectivity index (χ3n) is 4.92. The number of nitrogens with two attached hydrogens (primary N) is 1. The summed E-state index contributed by atoms with van der Waals surface area (Å²) in [7, 11) is 0. The number of thiazole rings is 1. The summed E-state index contributed by atoms with van der Waals surface area (Å²) in [5.41, 5.74) is 9.78. The molecular formula is C23H15N6S+. The number of aryl methyl sites for hydroxylation is 1. The number of pyridine rings is 1. The van der Waals surface area contributed by atoms with Gasteiger partial charge in [-0.1, -0.05) is 36.4 Å². The minimum absolute atomic E-state index is 0.117. The molecule has 4 rings (SSSR count). The summed E-state index contributed by atoms with van der Waals surface area (Å²) < 4.78 is 0.951. The lowest BCUT2D eigenvalue weighted by molar-refractivity contribution is -0.373. The molecule has 0 unspecified atom stereocenters. The molecule has 0 saturated heterocycles. The number of fused-ring (bicyclic) bond motifs is 1. The van der Waals surface area contributed by atoms with Crippen LogP contribution in [0.1, 0.15) is 33.3 Å². The normalized spacial score (nSPS) is 11.4. The van der Waals surface area contributed by atoms with Crippen LogP contribution in [0.2, 0.25) is 0 Å². The average molecular weight is 407 g/mol. The van der Waals surface area contributed by atoms with Gasteiger partial charge in [-0.25, -0.2) is 9.97 Å². The third kappa shape index (κ3) is 3.02. The molecule has 2 aromatic heterocycles. The van der Waals surface area contributed by atoms with Crippen LogP contribution in [0.3, 0.4) is 0 Å². The molecule has 2 aromatic carbocycles. The number of nitrogens with zero attached hydrogens (tertiary/aromatic N) is 4. The van der Waals surface area contributed by atoms with Crippen molar-refractivity contribution in [2.24, 2.45) is 0 Å². The van der Waals surface area contributed by atoms with Crippen LogP contribution in [0.25, 0.3) is 21.3 Å². The van der Waals surface area contributed by atoms with Crippen molar-refractivity contribution in [2.75, 3.05) is 5.73 Å². The predicted octanol–water partition coefficient (Wildman–Crippen LogP) is 4.07. The molecule has 4 aromatic rings. The number of aromatic amines is 1. The van der Waals surface area contributed by atoms with E-state index in [-0.39, 0.29) is 16.9 Å². The molecular weight excluding hydrogens is 392 g/mol. The fourth-order valence-corrected chi connectivity index (χ4v) is 4.52. The van der Waals surface area contributed by atoms with E-state index in [1.165, 1.54) is 11.3 Å². The molecule has 0 radical (unpaired) electrons. The molecule has 6 nitrogen and oxygen atoms in total. The highest BCUT2D eigenvalue weighted by atomic mass is 32.1. The smallest absolute Gasteiger partial charge is 0.286 e. The lowest BCUT2D eigenvalue weighted by Gasteiger charge is -2.14. The summed E-state index contributed by atoms with van der Waals surface area (Å²) in [6, 6.07) is 21.6. The highest BCUT2D eigenvalue weighted by Crippen LogP contribution is 2.37. The van der Waals surface area contributed by atoms with Gasteiger partial charge in [0.05, 0.1) is 16.3 Å². The Morgan fingerprint density at radius 3 is 2.37 bits per heavy atom. The van der Waals surface area contributed by atoms with Gasteiger partial charge in [0.2, 0.25) is 0 Å². The maximum absolute atomic E-state index is 10.0. The molecule has 0 fully saturated rings. The van der Waals surface area contributed by atoms with Gasteiger partial charge in [0.25, 0.3) is 5.82 Å². The number of nitrogen functional groups attached to an aromatic ring is 1. The fraction of sp³-hybridized carbons (Fsp3) is 0.0870. The van der Waals surface area contributed by atoms with Crippen molar-refractivity contribution in [1.29, 1.82) is 15.8 Å². The standard InChI is InChI=1S/C23H14N6S/c1-13-6-2-3-7-14(13)20-15(10-24)21(29-22(27)16(20)11-25)17(12-26)23-28-18-8-4-5-9-19(18)30-23/h2-9,17H,1H3,(H2,27,29)/p+1/t17-/m0/s1. The molecule has 30 heavy (non-hydrogen) atoms. The number of benzene rings is 2. The topological polar surface area (TPSA) is 124 Å². The van der Waals surface area contributed by atoms with E-state index in [4.69, 9.17) is 5.73 Å². The number of para-hydroxylation sites is 1. The van der Waals surface area contributed by atoms with E-state index in [1.807, 2.05) is 55.5 Å². The minimum atomic E-state index is -0.824. The van der Waals surface area contributed by atoms with E-state index in [1.54, 1.807) is 0 Å². The number of H-pyrrole nitrogens is 1. The van der Waals surface area contributed by atoms with Gasteiger partial charge in [-0.2, -0.15) is 15.8 Å². The zero-order valence-electron chi connectivity index (χ0n) is 16.0. The lowest BCUT2D eigenvalue weighted by Crippen LogP contribution is -2.24. The molecule has 7 heteroatoms. The first-order valence-corrected chi connectivity index (χ1v) is 9.90. The number of hydrogen-bond donors (Lipinski definition) is 1. The van der Waals surface area contributed by atoms with Gasteiger partial charge in [0.15, 0.2) is 5.92 Å². The quantitative estimate of drug-likeness (QED) is 0.548. The van der Waals surface area contributed by atoms with Crippen LogP contribution in [0.4, 0.5) is 5.82 Å². The molecule has 0 aliphatic heterocycles. The zero-order valence-corrected chi connectivity index (χ0v) is 16.8. The summed E-state index contributed by atoms with van der Waals surface area (Å²) in [4.78, 5) is 7.54. The van der Waals surface area contributed by atoms with E-state index >= 15 is 0 Å². The van der Waals surface area contributed by atoms with E-state index in [0.717, 1.165) is 21.3 Å². The van der Waals surface area contributed by atoms with E-state index in [2.05, 4.69) is 28.2 Å². The number of aromatic nitrogens is 2. The van der Waals surface area contributed by atoms with Gasteiger partial charge in [-0.15, -0.1) is 11.3 Å². The summed E-state index contributed by atoms with van der Waals surface area (Å²) >= 11 is 1.40. The number of hydrogen-bond acceptors (Lipinski definition) is 6. The first-order valence-electron chi connectivity index (χ1n) is 9.09. The van der Waals surface area contributed by atoms with Crippen molar-refractivity contribution in [1.82, 2.24) is 4.98 Å².